The quantitative estimate of drug-likeness (QED) is 0.217. The van der Waals surface area contributed by atoms with E-state index in [9.17, 15) is 8.42 Å². The number of hydrogen-bond acceptors (Lipinski definition) is 3. The third-order valence-corrected chi connectivity index (χ3v) is 5.16. The molecule has 24 heavy (non-hydrogen) atoms. The number of hydrogen-bond donors (Lipinski definition) is 1. The maximum atomic E-state index is 11.1. The summed E-state index contributed by atoms with van der Waals surface area (Å²) in [7, 11) is -4.43. The van der Waals surface area contributed by atoms with Crippen molar-refractivity contribution < 1.29 is 17.2 Å². The fraction of sp³-hybridized carbons (Fsp3) is 0.895. The van der Waals surface area contributed by atoms with Crippen LogP contribution in [0.3, 0.4) is 0 Å². The van der Waals surface area contributed by atoms with Crippen LogP contribution in [0.1, 0.15) is 98.3 Å². The molecule has 0 heterocycles. The molecule has 0 saturated carbocycles. The van der Waals surface area contributed by atoms with Crippen molar-refractivity contribution in [1.82, 2.24) is 0 Å². The lowest BCUT2D eigenvalue weighted by atomic mass is 9.83. The molecule has 0 aliphatic heterocycles. The van der Waals surface area contributed by atoms with E-state index in [-0.39, 0.29) is 5.92 Å². The molecule has 0 spiro atoms. The number of rotatable bonds is 15. The predicted octanol–water partition coefficient (Wildman–Crippen LogP) is 6.09. The van der Waals surface area contributed by atoms with Gasteiger partial charge in [0.2, 0.25) is 0 Å². The molecule has 0 aromatic rings. The minimum absolute atomic E-state index is 0.0727. The van der Waals surface area contributed by atoms with Gasteiger partial charge in [-0.05, 0) is 45.4 Å². The second-order valence-electron chi connectivity index (χ2n) is 7.22. The maximum Gasteiger partial charge on any atom is 0.397 e. The SMILES string of the molecule is CCCCCC=CCC(CCCCCCC)C(C)(C)OS(=O)(=O)O. The Bertz CT molecular complexity index is 427. The van der Waals surface area contributed by atoms with Crippen molar-refractivity contribution in [3.8, 4) is 0 Å². The zero-order chi connectivity index (χ0) is 18.5. The Hall–Kier alpha value is -0.390. The summed E-state index contributed by atoms with van der Waals surface area (Å²) in [6.07, 6.45) is 16.6. The normalized spacial score (nSPS) is 14.4. The minimum atomic E-state index is -4.43. The molecular weight excluding hydrogens is 324 g/mol. The Morgan fingerprint density at radius 3 is 2.12 bits per heavy atom. The van der Waals surface area contributed by atoms with Gasteiger partial charge in [0.1, 0.15) is 0 Å². The first-order valence-corrected chi connectivity index (χ1v) is 10.9. The summed E-state index contributed by atoms with van der Waals surface area (Å²) in [5.41, 5.74) is -0.897. The first kappa shape index (κ1) is 23.6. The van der Waals surface area contributed by atoms with Crippen LogP contribution in [0.25, 0.3) is 0 Å². The summed E-state index contributed by atoms with van der Waals surface area (Å²) < 4.78 is 36.3. The fourth-order valence-electron chi connectivity index (χ4n) is 2.97. The van der Waals surface area contributed by atoms with Gasteiger partial charge in [-0.1, -0.05) is 70.9 Å². The average Bonchev–Trinajstić information content (AvgIpc) is 2.45. The van der Waals surface area contributed by atoms with Gasteiger partial charge in [0, 0.05) is 0 Å². The zero-order valence-electron chi connectivity index (χ0n) is 16.1. The first-order valence-electron chi connectivity index (χ1n) is 9.56. The Balaban J connectivity index is 4.57. The van der Waals surface area contributed by atoms with E-state index in [0.29, 0.717) is 0 Å². The molecular formula is C19H38O4S. The summed E-state index contributed by atoms with van der Waals surface area (Å²) in [5, 5.41) is 0. The van der Waals surface area contributed by atoms with Crippen LogP contribution < -0.4 is 0 Å². The van der Waals surface area contributed by atoms with Crippen molar-refractivity contribution in [3.05, 3.63) is 12.2 Å². The summed E-state index contributed by atoms with van der Waals surface area (Å²) in [6, 6.07) is 0. The molecule has 1 N–H and O–H groups in total. The molecule has 0 amide bonds. The van der Waals surface area contributed by atoms with Gasteiger partial charge in [0.15, 0.2) is 0 Å². The molecule has 0 aliphatic carbocycles. The van der Waals surface area contributed by atoms with Crippen LogP contribution in [-0.2, 0) is 14.6 Å². The van der Waals surface area contributed by atoms with Crippen LogP contribution in [-0.4, -0.2) is 18.6 Å². The van der Waals surface area contributed by atoms with Crippen molar-refractivity contribution in [1.29, 1.82) is 0 Å². The van der Waals surface area contributed by atoms with E-state index in [1.54, 1.807) is 13.8 Å². The second kappa shape index (κ2) is 12.9. The van der Waals surface area contributed by atoms with Gasteiger partial charge in [-0.3, -0.25) is 4.55 Å². The van der Waals surface area contributed by atoms with E-state index < -0.39 is 16.0 Å². The van der Waals surface area contributed by atoms with Crippen molar-refractivity contribution in [2.45, 2.75) is 104 Å². The average molecular weight is 363 g/mol. The van der Waals surface area contributed by atoms with Crippen molar-refractivity contribution in [3.63, 3.8) is 0 Å². The molecule has 1 unspecified atom stereocenters. The van der Waals surface area contributed by atoms with Crippen LogP contribution in [0.2, 0.25) is 0 Å². The Labute approximate surface area is 150 Å². The smallest absolute Gasteiger partial charge is 0.264 e. The molecule has 0 rings (SSSR count). The van der Waals surface area contributed by atoms with E-state index >= 15 is 0 Å². The van der Waals surface area contributed by atoms with Crippen LogP contribution in [0, 0.1) is 5.92 Å². The highest BCUT2D eigenvalue weighted by Crippen LogP contribution is 2.31. The second-order valence-corrected chi connectivity index (χ2v) is 8.24. The maximum absolute atomic E-state index is 11.1. The van der Waals surface area contributed by atoms with E-state index in [2.05, 4.69) is 26.0 Å². The molecule has 0 aliphatic rings. The molecule has 1 atom stereocenters. The third kappa shape index (κ3) is 13.0. The van der Waals surface area contributed by atoms with Gasteiger partial charge in [0.25, 0.3) is 0 Å². The lowest BCUT2D eigenvalue weighted by molar-refractivity contribution is 0.0343. The monoisotopic (exact) mass is 362 g/mol. The molecule has 0 bridgehead atoms. The van der Waals surface area contributed by atoms with Crippen molar-refractivity contribution >= 4 is 10.4 Å². The van der Waals surface area contributed by atoms with Crippen molar-refractivity contribution in [2.75, 3.05) is 0 Å². The van der Waals surface area contributed by atoms with Gasteiger partial charge in [-0.2, -0.15) is 8.42 Å². The molecule has 0 radical (unpaired) electrons. The highest BCUT2D eigenvalue weighted by atomic mass is 32.3. The molecule has 0 saturated heterocycles. The van der Waals surface area contributed by atoms with Gasteiger partial charge in [0.05, 0.1) is 5.60 Å². The third-order valence-electron chi connectivity index (χ3n) is 4.52. The van der Waals surface area contributed by atoms with E-state index in [0.717, 1.165) is 32.1 Å². The Morgan fingerprint density at radius 2 is 1.54 bits per heavy atom. The topological polar surface area (TPSA) is 63.6 Å². The summed E-state index contributed by atoms with van der Waals surface area (Å²) in [5.74, 6) is 0.0727. The highest BCUT2D eigenvalue weighted by molar-refractivity contribution is 7.80. The summed E-state index contributed by atoms with van der Waals surface area (Å²) in [6.45, 7) is 7.88. The van der Waals surface area contributed by atoms with Gasteiger partial charge >= 0.3 is 10.4 Å². The van der Waals surface area contributed by atoms with Crippen LogP contribution in [0.5, 0.6) is 0 Å². The Kier molecular flexibility index (Phi) is 12.7. The summed E-state index contributed by atoms with van der Waals surface area (Å²) >= 11 is 0. The largest absolute Gasteiger partial charge is 0.397 e. The van der Waals surface area contributed by atoms with Gasteiger partial charge < -0.3 is 0 Å². The van der Waals surface area contributed by atoms with Crippen LogP contribution >= 0.6 is 0 Å². The van der Waals surface area contributed by atoms with Crippen molar-refractivity contribution in [2.24, 2.45) is 5.92 Å². The number of allylic oxidation sites excluding steroid dienone is 2. The highest BCUT2D eigenvalue weighted by Gasteiger charge is 2.33. The van der Waals surface area contributed by atoms with Gasteiger partial charge in [-0.15, -0.1) is 0 Å². The standard InChI is InChI=1S/C19H38O4S/c1-5-7-9-11-13-15-17-18(16-14-12-10-8-6-2)19(3,4)23-24(20,21)22/h13,15,18H,5-12,14,16-17H2,1-4H3,(H,20,21,22). The predicted molar refractivity (Wildman–Crippen MR) is 101 cm³/mol. The fourth-order valence-corrected chi connectivity index (χ4v) is 3.65. The molecule has 5 heteroatoms. The Morgan fingerprint density at radius 1 is 0.958 bits per heavy atom. The van der Waals surface area contributed by atoms with E-state index in [1.165, 1.54) is 38.5 Å². The molecule has 0 fully saturated rings. The van der Waals surface area contributed by atoms with Crippen LogP contribution in [0.15, 0.2) is 12.2 Å². The lowest BCUT2D eigenvalue weighted by Crippen LogP contribution is -2.36. The molecule has 0 aromatic heterocycles. The van der Waals surface area contributed by atoms with E-state index in [1.807, 2.05) is 0 Å². The minimum Gasteiger partial charge on any atom is -0.264 e. The molecule has 144 valence electrons. The lowest BCUT2D eigenvalue weighted by Gasteiger charge is -2.32. The zero-order valence-corrected chi connectivity index (χ0v) is 16.9. The van der Waals surface area contributed by atoms with E-state index in [4.69, 9.17) is 8.74 Å². The number of unbranched alkanes of at least 4 members (excludes halogenated alkanes) is 7. The molecule has 0 aromatic carbocycles. The first-order chi connectivity index (χ1) is 11.2. The van der Waals surface area contributed by atoms with Gasteiger partial charge in [-0.25, -0.2) is 4.18 Å². The molecule has 4 nitrogen and oxygen atoms in total. The van der Waals surface area contributed by atoms with Crippen LogP contribution in [0.4, 0.5) is 0 Å². The summed E-state index contributed by atoms with van der Waals surface area (Å²) in [4.78, 5) is 0.